The van der Waals surface area contributed by atoms with Crippen molar-refractivity contribution in [2.75, 3.05) is 13.2 Å². The molecular formula is C25H21F3O2. The highest BCUT2D eigenvalue weighted by molar-refractivity contribution is 5.71. The second-order valence-corrected chi connectivity index (χ2v) is 7.25. The summed E-state index contributed by atoms with van der Waals surface area (Å²) in [6.45, 7) is 3.98. The van der Waals surface area contributed by atoms with Crippen LogP contribution in [0.25, 0.3) is 22.3 Å². The minimum absolute atomic E-state index is 0.0400. The first-order chi connectivity index (χ1) is 14.6. The van der Waals surface area contributed by atoms with E-state index in [-0.39, 0.29) is 17.0 Å². The number of benzene rings is 3. The van der Waals surface area contributed by atoms with Crippen LogP contribution >= 0.6 is 0 Å². The summed E-state index contributed by atoms with van der Waals surface area (Å²) in [7, 11) is 0. The van der Waals surface area contributed by atoms with Crippen molar-refractivity contribution in [3.63, 3.8) is 0 Å². The van der Waals surface area contributed by atoms with Crippen molar-refractivity contribution in [3.05, 3.63) is 96.1 Å². The number of ether oxygens (including phenoxy) is 2. The minimum atomic E-state index is -0.894. The van der Waals surface area contributed by atoms with Gasteiger partial charge >= 0.3 is 0 Å². The molecule has 0 aliphatic carbocycles. The summed E-state index contributed by atoms with van der Waals surface area (Å²) in [4.78, 5) is 0. The third kappa shape index (κ3) is 4.18. The van der Waals surface area contributed by atoms with Crippen molar-refractivity contribution in [3.8, 4) is 22.3 Å². The predicted octanol–water partition coefficient (Wildman–Crippen LogP) is 6.62. The van der Waals surface area contributed by atoms with E-state index in [0.29, 0.717) is 24.3 Å². The van der Waals surface area contributed by atoms with E-state index < -0.39 is 24.6 Å². The predicted molar refractivity (Wildman–Crippen MR) is 110 cm³/mol. The van der Waals surface area contributed by atoms with Gasteiger partial charge in [-0.3, -0.25) is 0 Å². The highest BCUT2D eigenvalue weighted by Gasteiger charge is 2.21. The van der Waals surface area contributed by atoms with E-state index in [1.165, 1.54) is 18.2 Å². The minimum Gasteiger partial charge on any atom is -0.348 e. The molecule has 5 heteroatoms. The fourth-order valence-corrected chi connectivity index (χ4v) is 3.43. The molecule has 3 aromatic carbocycles. The zero-order chi connectivity index (χ0) is 21.1. The Kier molecular flexibility index (Phi) is 6.02. The number of hydrogen-bond acceptors (Lipinski definition) is 2. The first-order valence-corrected chi connectivity index (χ1v) is 9.69. The molecule has 3 aromatic rings. The van der Waals surface area contributed by atoms with Crippen LogP contribution in [0.15, 0.2) is 73.3 Å². The monoisotopic (exact) mass is 410 g/mol. The molecule has 0 N–H and O–H groups in total. The molecule has 1 aliphatic rings. The first kappa shape index (κ1) is 20.4. The van der Waals surface area contributed by atoms with E-state index in [4.69, 9.17) is 9.47 Å². The SMILES string of the molecule is C=CC1COC(c2ccc(-c3ccc(-c4ccc(CF)c(F)c4)c(F)c3)cc2)OC1. The number of hydrogen-bond donors (Lipinski definition) is 0. The van der Waals surface area contributed by atoms with Crippen LogP contribution < -0.4 is 0 Å². The Bertz CT molecular complexity index is 1040. The number of rotatable bonds is 5. The maximum Gasteiger partial charge on any atom is 0.183 e. The molecule has 0 saturated carbocycles. The highest BCUT2D eigenvalue weighted by atomic mass is 19.1. The van der Waals surface area contributed by atoms with Crippen LogP contribution in [-0.4, -0.2) is 13.2 Å². The fraction of sp³-hybridized carbons (Fsp3) is 0.200. The van der Waals surface area contributed by atoms with Crippen molar-refractivity contribution >= 4 is 0 Å². The van der Waals surface area contributed by atoms with E-state index in [0.717, 1.165) is 17.2 Å². The Morgan fingerprint density at radius 2 is 1.47 bits per heavy atom. The summed E-state index contributed by atoms with van der Waals surface area (Å²) in [5, 5.41) is 0. The lowest BCUT2D eigenvalue weighted by Crippen LogP contribution is -2.25. The van der Waals surface area contributed by atoms with Crippen LogP contribution in [0.4, 0.5) is 13.2 Å². The van der Waals surface area contributed by atoms with Gasteiger partial charge in [0, 0.05) is 22.6 Å². The summed E-state index contributed by atoms with van der Waals surface area (Å²) >= 11 is 0. The lowest BCUT2D eigenvalue weighted by Gasteiger charge is -2.28. The Morgan fingerprint density at radius 1 is 0.833 bits per heavy atom. The fourth-order valence-electron chi connectivity index (χ4n) is 3.43. The zero-order valence-corrected chi connectivity index (χ0v) is 16.3. The molecule has 0 spiro atoms. The van der Waals surface area contributed by atoms with Gasteiger partial charge in [-0.15, -0.1) is 6.58 Å². The second-order valence-electron chi connectivity index (χ2n) is 7.25. The van der Waals surface area contributed by atoms with Gasteiger partial charge in [0.2, 0.25) is 0 Å². The molecule has 30 heavy (non-hydrogen) atoms. The normalized spacial score (nSPS) is 18.9. The number of alkyl halides is 1. The van der Waals surface area contributed by atoms with E-state index >= 15 is 0 Å². The summed E-state index contributed by atoms with van der Waals surface area (Å²) in [5.74, 6) is -0.956. The molecule has 0 aromatic heterocycles. The van der Waals surface area contributed by atoms with Gasteiger partial charge in [-0.05, 0) is 28.8 Å². The molecule has 154 valence electrons. The van der Waals surface area contributed by atoms with E-state index in [1.807, 2.05) is 30.3 Å². The van der Waals surface area contributed by atoms with Crippen LogP contribution in [-0.2, 0) is 16.1 Å². The summed E-state index contributed by atoms with van der Waals surface area (Å²) in [5.41, 5.74) is 3.02. The van der Waals surface area contributed by atoms with Crippen LogP contribution in [0.2, 0.25) is 0 Å². The third-order valence-corrected chi connectivity index (χ3v) is 5.25. The van der Waals surface area contributed by atoms with E-state index in [9.17, 15) is 13.2 Å². The molecule has 0 amide bonds. The number of halogens is 3. The average molecular weight is 410 g/mol. The van der Waals surface area contributed by atoms with Crippen molar-refractivity contribution in [1.29, 1.82) is 0 Å². The molecule has 0 atom stereocenters. The highest BCUT2D eigenvalue weighted by Crippen LogP contribution is 2.31. The van der Waals surface area contributed by atoms with Gasteiger partial charge in [0.25, 0.3) is 0 Å². The van der Waals surface area contributed by atoms with Crippen LogP contribution in [0.1, 0.15) is 17.4 Å². The summed E-state index contributed by atoms with van der Waals surface area (Å²) in [6.07, 6.45) is 1.40. The van der Waals surface area contributed by atoms with Crippen molar-refractivity contribution in [2.45, 2.75) is 13.0 Å². The van der Waals surface area contributed by atoms with Gasteiger partial charge in [0.1, 0.15) is 18.3 Å². The van der Waals surface area contributed by atoms with Crippen LogP contribution in [0, 0.1) is 17.6 Å². The van der Waals surface area contributed by atoms with Gasteiger partial charge in [-0.2, -0.15) is 0 Å². The molecule has 0 radical (unpaired) electrons. The lowest BCUT2D eigenvalue weighted by molar-refractivity contribution is -0.197. The van der Waals surface area contributed by atoms with Crippen LogP contribution in [0.3, 0.4) is 0 Å². The largest absolute Gasteiger partial charge is 0.348 e. The maximum absolute atomic E-state index is 14.7. The van der Waals surface area contributed by atoms with Gasteiger partial charge in [0.05, 0.1) is 13.2 Å². The Morgan fingerprint density at radius 3 is 2.07 bits per heavy atom. The van der Waals surface area contributed by atoms with Crippen molar-refractivity contribution < 1.29 is 22.6 Å². The summed E-state index contributed by atoms with van der Waals surface area (Å²) < 4.78 is 52.7. The maximum atomic E-state index is 14.7. The van der Waals surface area contributed by atoms with Gasteiger partial charge in [-0.25, -0.2) is 13.2 Å². The summed E-state index contributed by atoms with van der Waals surface area (Å²) in [6, 6.07) is 16.3. The second kappa shape index (κ2) is 8.86. The van der Waals surface area contributed by atoms with Crippen LogP contribution in [0.5, 0.6) is 0 Å². The quantitative estimate of drug-likeness (QED) is 0.440. The third-order valence-electron chi connectivity index (χ3n) is 5.25. The van der Waals surface area contributed by atoms with E-state index in [2.05, 4.69) is 6.58 Å². The molecule has 1 saturated heterocycles. The molecule has 0 unspecified atom stereocenters. The molecule has 1 aliphatic heterocycles. The van der Waals surface area contributed by atoms with Gasteiger partial charge in [0.15, 0.2) is 6.29 Å². The Hall–Kier alpha value is -2.89. The standard InChI is InChI=1S/C25H21F3O2/c1-2-16-14-29-25(30-15-16)18-5-3-17(4-6-18)19-9-10-22(24(28)11-19)20-7-8-21(13-26)23(27)12-20/h2-12,16,25H,1,13-15H2. The molecule has 1 heterocycles. The Balaban J connectivity index is 1.53. The molecule has 4 rings (SSSR count). The molecule has 2 nitrogen and oxygen atoms in total. The van der Waals surface area contributed by atoms with E-state index in [1.54, 1.807) is 12.1 Å². The molecular weight excluding hydrogens is 389 g/mol. The lowest BCUT2D eigenvalue weighted by atomic mass is 9.98. The molecule has 0 bridgehead atoms. The average Bonchev–Trinajstić information content (AvgIpc) is 2.79. The Labute approximate surface area is 173 Å². The first-order valence-electron chi connectivity index (χ1n) is 9.69. The van der Waals surface area contributed by atoms with Gasteiger partial charge in [-0.1, -0.05) is 54.6 Å². The topological polar surface area (TPSA) is 18.5 Å². The van der Waals surface area contributed by atoms with Crippen molar-refractivity contribution in [1.82, 2.24) is 0 Å². The smallest absolute Gasteiger partial charge is 0.183 e. The van der Waals surface area contributed by atoms with Gasteiger partial charge < -0.3 is 9.47 Å². The molecule has 1 fully saturated rings. The van der Waals surface area contributed by atoms with Crippen molar-refractivity contribution in [2.24, 2.45) is 5.92 Å². The zero-order valence-electron chi connectivity index (χ0n) is 16.3.